The minimum absolute atomic E-state index is 0.0491. The molecule has 1 amide bonds. The molecule has 21 heavy (non-hydrogen) atoms. The molecule has 0 N–H and O–H groups in total. The number of benzene rings is 1. The van der Waals surface area contributed by atoms with Gasteiger partial charge in [-0.3, -0.25) is 9.59 Å². The van der Waals surface area contributed by atoms with E-state index in [0.29, 0.717) is 18.9 Å². The molecule has 0 saturated carbocycles. The van der Waals surface area contributed by atoms with Gasteiger partial charge in [-0.1, -0.05) is 45.9 Å². The third-order valence-electron chi connectivity index (χ3n) is 3.72. The number of carbonyl (C=O) groups is 2. The summed E-state index contributed by atoms with van der Waals surface area (Å²) in [6, 6.07) is 7.64. The van der Waals surface area contributed by atoms with Crippen molar-refractivity contribution in [3.63, 3.8) is 0 Å². The molecule has 0 radical (unpaired) electrons. The average Bonchev–Trinajstić information content (AvgIpc) is 2.63. The lowest BCUT2D eigenvalue weighted by Gasteiger charge is -2.36. The number of hydrogen-bond acceptors (Lipinski definition) is 2. The zero-order valence-electron chi connectivity index (χ0n) is 14.1. The van der Waals surface area contributed by atoms with Gasteiger partial charge in [0.15, 0.2) is 0 Å². The minimum atomic E-state index is -0.496. The van der Waals surface area contributed by atoms with Crippen LogP contribution in [-0.4, -0.2) is 23.1 Å². The summed E-state index contributed by atoms with van der Waals surface area (Å²) < 4.78 is 0. The number of amides is 1. The second-order valence-corrected chi connectivity index (χ2v) is 6.01. The van der Waals surface area contributed by atoms with Crippen molar-refractivity contribution >= 4 is 11.7 Å². The molecule has 1 unspecified atom stereocenters. The molecule has 0 saturated heterocycles. The third kappa shape index (κ3) is 3.34. The Kier molecular flexibility index (Phi) is 5.70. The van der Waals surface area contributed by atoms with E-state index in [9.17, 15) is 9.59 Å². The smallest absolute Gasteiger partial charge is 0.254 e. The number of Topliss-reactive ketones (excluding diaryl/α,β-unsaturated/α-hetero) is 1. The lowest BCUT2D eigenvalue weighted by Crippen LogP contribution is -2.44. The Labute approximate surface area is 128 Å². The Morgan fingerprint density at radius 1 is 1.24 bits per heavy atom. The van der Waals surface area contributed by atoms with E-state index in [2.05, 4.69) is 13.8 Å². The van der Waals surface area contributed by atoms with Gasteiger partial charge in [0.2, 0.25) is 0 Å². The molecule has 1 aliphatic rings. The molecule has 2 rings (SSSR count). The summed E-state index contributed by atoms with van der Waals surface area (Å²) in [7, 11) is 0. The van der Waals surface area contributed by atoms with Gasteiger partial charge in [-0.25, -0.2) is 0 Å². The fraction of sp³-hybridized carbons (Fsp3) is 0.556. The molecule has 1 aromatic rings. The molecule has 0 bridgehead atoms. The fourth-order valence-corrected chi connectivity index (χ4v) is 2.98. The first-order valence-electron chi connectivity index (χ1n) is 7.77. The van der Waals surface area contributed by atoms with Crippen LogP contribution in [-0.2, 0) is 10.3 Å². The Morgan fingerprint density at radius 3 is 2.33 bits per heavy atom. The van der Waals surface area contributed by atoms with Crippen molar-refractivity contribution in [3.05, 3.63) is 35.4 Å². The van der Waals surface area contributed by atoms with Gasteiger partial charge in [0.05, 0.1) is 5.54 Å². The number of hydrogen-bond donors (Lipinski definition) is 0. The lowest BCUT2D eigenvalue weighted by atomic mass is 9.86. The predicted octanol–water partition coefficient (Wildman–Crippen LogP) is 4.02. The van der Waals surface area contributed by atoms with Crippen molar-refractivity contribution < 1.29 is 9.59 Å². The highest BCUT2D eigenvalue weighted by Crippen LogP contribution is 2.41. The van der Waals surface area contributed by atoms with Crippen LogP contribution in [0.25, 0.3) is 0 Å². The van der Waals surface area contributed by atoms with Crippen LogP contribution in [0.5, 0.6) is 0 Å². The summed E-state index contributed by atoms with van der Waals surface area (Å²) in [5.41, 5.74) is 1.23. The van der Waals surface area contributed by atoms with Crippen LogP contribution in [0.4, 0.5) is 0 Å². The van der Waals surface area contributed by atoms with Crippen LogP contribution in [0.15, 0.2) is 24.3 Å². The van der Waals surface area contributed by atoms with E-state index in [0.717, 1.165) is 11.1 Å². The van der Waals surface area contributed by atoms with Crippen molar-refractivity contribution in [1.29, 1.82) is 0 Å². The van der Waals surface area contributed by atoms with Crippen molar-refractivity contribution in [2.45, 2.75) is 53.5 Å². The van der Waals surface area contributed by atoms with E-state index < -0.39 is 5.54 Å². The highest BCUT2D eigenvalue weighted by molar-refractivity contribution is 6.00. The lowest BCUT2D eigenvalue weighted by molar-refractivity contribution is -0.119. The number of fused-ring (bicyclic) bond motifs is 1. The van der Waals surface area contributed by atoms with Gasteiger partial charge in [-0.2, -0.15) is 0 Å². The van der Waals surface area contributed by atoms with E-state index in [4.69, 9.17) is 0 Å². The molecular weight excluding hydrogens is 262 g/mol. The van der Waals surface area contributed by atoms with E-state index >= 15 is 0 Å². The number of nitrogens with zero attached hydrogens (tertiary/aromatic N) is 1. The molecule has 3 heteroatoms. The topological polar surface area (TPSA) is 37.4 Å². The molecule has 0 spiro atoms. The van der Waals surface area contributed by atoms with Crippen LogP contribution in [0, 0.1) is 5.92 Å². The van der Waals surface area contributed by atoms with Crippen LogP contribution in [0.3, 0.4) is 0 Å². The monoisotopic (exact) mass is 289 g/mol. The van der Waals surface area contributed by atoms with Gasteiger partial charge in [0.25, 0.3) is 5.91 Å². The second-order valence-electron chi connectivity index (χ2n) is 6.01. The molecular formula is C18H27NO2. The summed E-state index contributed by atoms with van der Waals surface area (Å²) in [5, 5.41) is 0. The van der Waals surface area contributed by atoms with Crippen LogP contribution in [0.2, 0.25) is 0 Å². The standard InChI is InChI=1S/C16H21NO2.C2H6/c1-11(2)10-17-15(19)13-7-5-6-8-14(13)16(17,4)9-12(3)18;1-2/h5-8,11H,9-10H2,1-4H3;1-2H3. The molecule has 0 fully saturated rings. The van der Waals surface area contributed by atoms with Crippen LogP contribution in [0.1, 0.15) is 63.9 Å². The Morgan fingerprint density at radius 2 is 1.81 bits per heavy atom. The minimum Gasteiger partial charge on any atom is -0.328 e. The van der Waals surface area contributed by atoms with Gasteiger partial charge < -0.3 is 4.90 Å². The van der Waals surface area contributed by atoms with Gasteiger partial charge in [0.1, 0.15) is 5.78 Å². The summed E-state index contributed by atoms with van der Waals surface area (Å²) >= 11 is 0. The Balaban J connectivity index is 0.00000106. The molecule has 1 atom stereocenters. The zero-order chi connectivity index (χ0) is 16.2. The van der Waals surface area contributed by atoms with Gasteiger partial charge in [-0.05, 0) is 31.4 Å². The zero-order valence-corrected chi connectivity index (χ0v) is 14.1. The van der Waals surface area contributed by atoms with Crippen LogP contribution < -0.4 is 0 Å². The first kappa shape index (κ1) is 17.4. The number of rotatable bonds is 4. The highest BCUT2D eigenvalue weighted by atomic mass is 16.2. The highest BCUT2D eigenvalue weighted by Gasteiger charge is 2.46. The summed E-state index contributed by atoms with van der Waals surface area (Å²) in [4.78, 5) is 26.0. The maximum atomic E-state index is 12.5. The van der Waals surface area contributed by atoms with Gasteiger partial charge in [-0.15, -0.1) is 0 Å². The predicted molar refractivity (Wildman–Crippen MR) is 86.3 cm³/mol. The quantitative estimate of drug-likeness (QED) is 0.839. The van der Waals surface area contributed by atoms with E-state index in [1.807, 2.05) is 49.9 Å². The molecule has 1 aliphatic heterocycles. The van der Waals surface area contributed by atoms with E-state index in [-0.39, 0.29) is 11.7 Å². The fourth-order valence-electron chi connectivity index (χ4n) is 2.98. The van der Waals surface area contributed by atoms with E-state index in [1.54, 1.807) is 6.92 Å². The SMILES string of the molecule is CC.CC(=O)CC1(C)c2ccccc2C(=O)N1CC(C)C. The molecule has 3 nitrogen and oxygen atoms in total. The van der Waals surface area contributed by atoms with Crippen molar-refractivity contribution in [2.75, 3.05) is 6.54 Å². The van der Waals surface area contributed by atoms with Crippen molar-refractivity contribution in [2.24, 2.45) is 5.92 Å². The maximum absolute atomic E-state index is 12.5. The van der Waals surface area contributed by atoms with Gasteiger partial charge >= 0.3 is 0 Å². The van der Waals surface area contributed by atoms with Crippen molar-refractivity contribution in [3.8, 4) is 0 Å². The number of carbonyl (C=O) groups excluding carboxylic acids is 2. The van der Waals surface area contributed by atoms with Gasteiger partial charge in [0, 0.05) is 18.5 Å². The molecule has 0 aliphatic carbocycles. The third-order valence-corrected chi connectivity index (χ3v) is 3.72. The molecule has 116 valence electrons. The molecule has 1 heterocycles. The maximum Gasteiger partial charge on any atom is 0.254 e. The second kappa shape index (κ2) is 6.88. The molecule has 0 aromatic heterocycles. The van der Waals surface area contributed by atoms with Crippen molar-refractivity contribution in [1.82, 2.24) is 4.90 Å². The summed E-state index contributed by atoms with van der Waals surface area (Å²) in [6.45, 7) is 12.4. The first-order valence-corrected chi connectivity index (χ1v) is 7.77. The Bertz CT molecular complexity index is 522. The number of ketones is 1. The largest absolute Gasteiger partial charge is 0.328 e. The Hall–Kier alpha value is -1.64. The average molecular weight is 289 g/mol. The molecule has 1 aromatic carbocycles. The summed E-state index contributed by atoms with van der Waals surface area (Å²) in [6.07, 6.45) is 0.377. The first-order chi connectivity index (χ1) is 9.86. The van der Waals surface area contributed by atoms with E-state index in [1.165, 1.54) is 0 Å². The van der Waals surface area contributed by atoms with Crippen LogP contribution >= 0.6 is 0 Å². The summed E-state index contributed by atoms with van der Waals surface area (Å²) in [5.74, 6) is 0.540. The normalized spacial score (nSPS) is 20.1.